The summed E-state index contributed by atoms with van der Waals surface area (Å²) in [5.41, 5.74) is 3.15. The first-order chi connectivity index (χ1) is 15.8. The zero-order valence-electron chi connectivity index (χ0n) is 18.9. The van der Waals surface area contributed by atoms with Gasteiger partial charge in [0.05, 0.1) is 6.26 Å². The van der Waals surface area contributed by atoms with E-state index in [1.807, 2.05) is 32.0 Å². The standard InChI is InChI=1S/C24H27N3O5S/c1-16-6-7-17(2)21(15-16)25-24(28)19-10-12-27(13-11-19)33(29,30)23-18(3)26-32-22(23)9-8-20-5-4-14-31-20/h4-9,14-15,19H,10-13H2,1-3H3,(H,25,28)/b9-8+. The lowest BCUT2D eigenvalue weighted by molar-refractivity contribution is -0.120. The molecular weight excluding hydrogens is 442 g/mol. The van der Waals surface area contributed by atoms with E-state index in [1.165, 1.54) is 16.6 Å². The predicted molar refractivity (Wildman–Crippen MR) is 125 cm³/mol. The van der Waals surface area contributed by atoms with Crippen LogP contribution < -0.4 is 5.32 Å². The highest BCUT2D eigenvalue weighted by molar-refractivity contribution is 7.89. The highest BCUT2D eigenvalue weighted by atomic mass is 32.2. The minimum Gasteiger partial charge on any atom is -0.465 e. The Morgan fingerprint density at radius 2 is 1.91 bits per heavy atom. The monoisotopic (exact) mass is 469 g/mol. The Kier molecular flexibility index (Phi) is 6.53. The number of amides is 1. The van der Waals surface area contributed by atoms with Gasteiger partial charge in [0.1, 0.15) is 11.5 Å². The summed E-state index contributed by atoms with van der Waals surface area (Å²) in [6.07, 6.45) is 5.58. The van der Waals surface area contributed by atoms with Gasteiger partial charge in [0.15, 0.2) is 10.7 Å². The number of hydrogen-bond acceptors (Lipinski definition) is 6. The van der Waals surface area contributed by atoms with Crippen molar-refractivity contribution in [2.75, 3.05) is 18.4 Å². The van der Waals surface area contributed by atoms with Gasteiger partial charge in [-0.2, -0.15) is 4.31 Å². The van der Waals surface area contributed by atoms with Crippen LogP contribution in [0.3, 0.4) is 0 Å². The SMILES string of the molecule is Cc1ccc(C)c(NC(=O)C2CCN(S(=O)(=O)c3c(C)noc3/C=C/c3ccco3)CC2)c1. The topological polar surface area (TPSA) is 106 Å². The Labute approximate surface area is 193 Å². The van der Waals surface area contributed by atoms with Gasteiger partial charge in [-0.15, -0.1) is 0 Å². The minimum atomic E-state index is -3.83. The van der Waals surface area contributed by atoms with Crippen LogP contribution in [0.4, 0.5) is 5.69 Å². The molecule has 0 bridgehead atoms. The van der Waals surface area contributed by atoms with Crippen molar-refractivity contribution in [1.82, 2.24) is 9.46 Å². The summed E-state index contributed by atoms with van der Waals surface area (Å²) in [5, 5.41) is 6.86. The van der Waals surface area contributed by atoms with E-state index in [0.29, 0.717) is 24.3 Å². The smallest absolute Gasteiger partial charge is 0.248 e. The van der Waals surface area contributed by atoms with Crippen LogP contribution in [0.25, 0.3) is 12.2 Å². The van der Waals surface area contributed by atoms with E-state index in [2.05, 4.69) is 10.5 Å². The zero-order chi connectivity index (χ0) is 23.6. The molecule has 1 saturated heterocycles. The van der Waals surface area contributed by atoms with Crippen LogP contribution in [0.15, 0.2) is 50.4 Å². The Morgan fingerprint density at radius 1 is 1.15 bits per heavy atom. The van der Waals surface area contributed by atoms with Gasteiger partial charge in [-0.05, 0) is 75.1 Å². The van der Waals surface area contributed by atoms with Crippen molar-refractivity contribution in [2.24, 2.45) is 5.92 Å². The zero-order valence-corrected chi connectivity index (χ0v) is 19.7. The second-order valence-corrected chi connectivity index (χ2v) is 10.2. The molecule has 4 rings (SSSR count). The van der Waals surface area contributed by atoms with Crippen LogP contribution in [0, 0.1) is 26.7 Å². The first-order valence-electron chi connectivity index (χ1n) is 10.8. The molecular formula is C24H27N3O5S. The number of aromatic nitrogens is 1. The lowest BCUT2D eigenvalue weighted by Crippen LogP contribution is -2.41. The summed E-state index contributed by atoms with van der Waals surface area (Å²) in [4.78, 5) is 12.8. The van der Waals surface area contributed by atoms with Crippen molar-refractivity contribution in [2.45, 2.75) is 38.5 Å². The van der Waals surface area contributed by atoms with E-state index in [1.54, 1.807) is 25.1 Å². The number of sulfonamides is 1. The minimum absolute atomic E-state index is 0.0450. The third-order valence-corrected chi connectivity index (χ3v) is 7.91. The van der Waals surface area contributed by atoms with Crippen molar-refractivity contribution in [3.8, 4) is 0 Å². The molecule has 1 fully saturated rings. The first-order valence-corrected chi connectivity index (χ1v) is 12.3. The maximum atomic E-state index is 13.4. The molecule has 0 atom stereocenters. The lowest BCUT2D eigenvalue weighted by atomic mass is 9.97. The van der Waals surface area contributed by atoms with E-state index in [-0.39, 0.29) is 35.6 Å². The molecule has 3 aromatic rings. The van der Waals surface area contributed by atoms with Gasteiger partial charge in [-0.25, -0.2) is 8.42 Å². The molecule has 1 aromatic carbocycles. The van der Waals surface area contributed by atoms with E-state index < -0.39 is 10.0 Å². The third kappa shape index (κ3) is 4.94. The lowest BCUT2D eigenvalue weighted by Gasteiger charge is -2.30. The fourth-order valence-corrected chi connectivity index (χ4v) is 5.66. The van der Waals surface area contributed by atoms with Gasteiger partial charge in [-0.1, -0.05) is 17.3 Å². The Hall–Kier alpha value is -3.17. The molecule has 2 aromatic heterocycles. The average Bonchev–Trinajstić information content (AvgIpc) is 3.44. The number of nitrogens with one attached hydrogen (secondary N) is 1. The largest absolute Gasteiger partial charge is 0.465 e. The fourth-order valence-electron chi connectivity index (χ4n) is 3.94. The molecule has 33 heavy (non-hydrogen) atoms. The van der Waals surface area contributed by atoms with Crippen LogP contribution in [0.2, 0.25) is 0 Å². The summed E-state index contributed by atoms with van der Waals surface area (Å²) in [6.45, 7) is 6.02. The van der Waals surface area contributed by atoms with E-state index >= 15 is 0 Å². The molecule has 1 amide bonds. The number of nitrogens with zero attached hydrogens (tertiary/aromatic N) is 2. The summed E-state index contributed by atoms with van der Waals surface area (Å²) in [7, 11) is -3.83. The maximum absolute atomic E-state index is 13.4. The number of aryl methyl sites for hydroxylation is 3. The van der Waals surface area contributed by atoms with Crippen LogP contribution in [-0.2, 0) is 14.8 Å². The van der Waals surface area contributed by atoms with Crippen molar-refractivity contribution in [3.63, 3.8) is 0 Å². The highest BCUT2D eigenvalue weighted by Crippen LogP contribution is 2.30. The molecule has 1 N–H and O–H groups in total. The van der Waals surface area contributed by atoms with E-state index in [4.69, 9.17) is 8.94 Å². The molecule has 0 spiro atoms. The first kappa shape index (κ1) is 23.0. The molecule has 0 radical (unpaired) electrons. The van der Waals surface area contributed by atoms with Crippen LogP contribution in [0.5, 0.6) is 0 Å². The van der Waals surface area contributed by atoms with Gasteiger partial charge in [0, 0.05) is 24.7 Å². The van der Waals surface area contributed by atoms with E-state index in [0.717, 1.165) is 16.8 Å². The van der Waals surface area contributed by atoms with Crippen molar-refractivity contribution in [1.29, 1.82) is 0 Å². The van der Waals surface area contributed by atoms with Gasteiger partial charge in [-0.3, -0.25) is 4.79 Å². The summed E-state index contributed by atoms with van der Waals surface area (Å²) >= 11 is 0. The summed E-state index contributed by atoms with van der Waals surface area (Å²) in [5.74, 6) is 0.393. The number of carbonyl (C=O) groups is 1. The van der Waals surface area contributed by atoms with E-state index in [9.17, 15) is 13.2 Å². The number of furan rings is 1. The average molecular weight is 470 g/mol. The Bertz CT molecular complexity index is 1270. The van der Waals surface area contributed by atoms with Crippen molar-refractivity contribution in [3.05, 3.63) is 64.9 Å². The maximum Gasteiger partial charge on any atom is 0.248 e. The number of piperidine rings is 1. The van der Waals surface area contributed by atoms with Gasteiger partial charge in [0.25, 0.3) is 0 Å². The summed E-state index contributed by atoms with van der Waals surface area (Å²) in [6, 6.07) is 9.41. The van der Waals surface area contributed by atoms with Crippen LogP contribution in [-0.4, -0.2) is 36.9 Å². The molecule has 0 unspecified atom stereocenters. The number of anilines is 1. The molecule has 0 aliphatic carbocycles. The number of rotatable bonds is 6. The molecule has 3 heterocycles. The fraction of sp³-hybridized carbons (Fsp3) is 0.333. The van der Waals surface area contributed by atoms with Gasteiger partial charge < -0.3 is 14.3 Å². The quantitative estimate of drug-likeness (QED) is 0.574. The Balaban J connectivity index is 1.45. The number of benzene rings is 1. The normalized spacial score (nSPS) is 15.8. The van der Waals surface area contributed by atoms with Crippen molar-refractivity contribution >= 4 is 33.8 Å². The number of hydrogen-bond donors (Lipinski definition) is 1. The molecule has 8 nitrogen and oxygen atoms in total. The molecule has 9 heteroatoms. The molecule has 1 aliphatic heterocycles. The summed E-state index contributed by atoms with van der Waals surface area (Å²) < 4.78 is 38.7. The second-order valence-electron chi connectivity index (χ2n) is 8.30. The molecule has 174 valence electrons. The second kappa shape index (κ2) is 9.36. The van der Waals surface area contributed by atoms with Crippen LogP contribution >= 0.6 is 0 Å². The highest BCUT2D eigenvalue weighted by Gasteiger charge is 2.36. The van der Waals surface area contributed by atoms with Gasteiger partial charge >= 0.3 is 0 Å². The predicted octanol–water partition coefficient (Wildman–Crippen LogP) is 4.40. The third-order valence-electron chi connectivity index (χ3n) is 5.85. The van der Waals surface area contributed by atoms with Crippen molar-refractivity contribution < 1.29 is 22.2 Å². The van der Waals surface area contributed by atoms with Crippen LogP contribution in [0.1, 0.15) is 41.2 Å². The van der Waals surface area contributed by atoms with Gasteiger partial charge in [0.2, 0.25) is 15.9 Å². The molecule has 1 aliphatic rings. The molecule has 0 saturated carbocycles. The Morgan fingerprint density at radius 3 is 2.61 bits per heavy atom. The number of carbonyl (C=O) groups excluding carboxylic acids is 1.